The van der Waals surface area contributed by atoms with Crippen molar-refractivity contribution in [1.29, 1.82) is 0 Å². The number of Topliss-reactive ketones (excluding diaryl/α,β-unsaturated/α-hetero) is 1. The first-order chi connectivity index (χ1) is 20.0. The van der Waals surface area contributed by atoms with Gasteiger partial charge in [-0.25, -0.2) is 9.80 Å². The highest BCUT2D eigenvalue weighted by Gasteiger charge is 2.53. The molecule has 0 N–H and O–H groups in total. The largest absolute Gasteiger partial charge is 0.423 e. The van der Waals surface area contributed by atoms with E-state index >= 15 is 0 Å². The average Bonchev–Trinajstić information content (AvgIpc) is 3.22. The minimum atomic E-state index is -0.716. The van der Waals surface area contributed by atoms with Crippen LogP contribution in [-0.2, 0) is 9.59 Å². The summed E-state index contributed by atoms with van der Waals surface area (Å²) in [6.45, 7) is 1.26. The van der Waals surface area contributed by atoms with Gasteiger partial charge >= 0.3 is 5.97 Å². The van der Waals surface area contributed by atoms with Crippen LogP contribution < -0.4 is 4.74 Å². The van der Waals surface area contributed by atoms with E-state index < -0.39 is 47.9 Å². The summed E-state index contributed by atoms with van der Waals surface area (Å²) in [7, 11) is 0. The maximum Gasteiger partial charge on any atom is 0.345 e. The molecule has 0 saturated carbocycles. The van der Waals surface area contributed by atoms with Crippen molar-refractivity contribution in [1.82, 2.24) is 10.0 Å². The van der Waals surface area contributed by atoms with E-state index in [9.17, 15) is 24.0 Å². The van der Waals surface area contributed by atoms with Crippen molar-refractivity contribution < 1.29 is 28.7 Å². The van der Waals surface area contributed by atoms with Gasteiger partial charge in [0.05, 0.1) is 22.4 Å². The number of imide groups is 1. The summed E-state index contributed by atoms with van der Waals surface area (Å²) < 4.78 is 5.36. The lowest BCUT2D eigenvalue weighted by molar-refractivity contribution is -0.154. The van der Waals surface area contributed by atoms with E-state index in [-0.39, 0.29) is 33.4 Å². The molecule has 0 spiro atoms. The van der Waals surface area contributed by atoms with Crippen molar-refractivity contribution in [3.8, 4) is 5.75 Å². The maximum atomic E-state index is 13.6. The van der Waals surface area contributed by atoms with Crippen LogP contribution in [0.4, 0.5) is 0 Å². The van der Waals surface area contributed by atoms with Gasteiger partial charge in [0, 0.05) is 21.2 Å². The molecule has 1 aliphatic carbocycles. The smallest absolute Gasteiger partial charge is 0.345 e. The van der Waals surface area contributed by atoms with Gasteiger partial charge in [-0.3, -0.25) is 19.2 Å². The molecule has 214 valence electrons. The number of benzene rings is 3. The molecule has 0 unspecified atom stereocenters. The molecular formula is C31H23Cl3N2O6. The molecule has 3 aromatic carbocycles. The van der Waals surface area contributed by atoms with Crippen molar-refractivity contribution in [2.45, 2.75) is 13.3 Å². The van der Waals surface area contributed by atoms with Crippen LogP contribution in [-0.4, -0.2) is 46.0 Å². The number of halogens is 3. The fraction of sp³-hybridized carbons (Fsp3) is 0.194. The Bertz CT molecular complexity index is 1620. The standard InChI is InChI=1S/C31H23Cl3N2O6/c1-17-3-2-4-24-27(17)30(40)36(29(24)39)35(28(38)19-5-9-20(32)10-6-19)16-26(37)18-7-12-22(13-8-18)42-31(41)23-14-11-21(33)15-25(23)34/h2-3,5-15,17,24,27H,4,16H2,1H3/t17-,24-,27-/m1/s1. The number of rotatable bonds is 7. The number of allylic oxidation sites excluding steroid dienone is 2. The average molecular weight is 626 g/mol. The molecular weight excluding hydrogens is 603 g/mol. The topological polar surface area (TPSA) is 101 Å². The number of hydrogen-bond acceptors (Lipinski definition) is 6. The number of amides is 3. The lowest BCUT2D eigenvalue weighted by Gasteiger charge is -2.30. The summed E-state index contributed by atoms with van der Waals surface area (Å²) in [5.74, 6) is -4.31. The molecule has 1 saturated heterocycles. The fourth-order valence-electron chi connectivity index (χ4n) is 5.10. The van der Waals surface area contributed by atoms with E-state index in [0.717, 1.165) is 10.0 Å². The van der Waals surface area contributed by atoms with Gasteiger partial charge in [0.15, 0.2) is 5.78 Å². The van der Waals surface area contributed by atoms with Gasteiger partial charge < -0.3 is 4.74 Å². The Morgan fingerprint density at radius 1 is 0.881 bits per heavy atom. The van der Waals surface area contributed by atoms with Crippen LogP contribution >= 0.6 is 34.8 Å². The number of carbonyl (C=O) groups excluding carboxylic acids is 5. The van der Waals surface area contributed by atoms with Gasteiger partial charge in [-0.15, -0.1) is 0 Å². The number of hydrogen-bond donors (Lipinski definition) is 0. The minimum absolute atomic E-state index is 0.114. The van der Waals surface area contributed by atoms with Crippen molar-refractivity contribution in [2.24, 2.45) is 17.8 Å². The number of carbonyl (C=O) groups is 5. The molecule has 1 aliphatic heterocycles. The first-order valence-electron chi connectivity index (χ1n) is 13.0. The normalized spacial score (nSPS) is 19.4. The highest BCUT2D eigenvalue weighted by Crippen LogP contribution is 2.39. The van der Waals surface area contributed by atoms with Gasteiger partial charge in [0.25, 0.3) is 17.7 Å². The number of fused-ring (bicyclic) bond motifs is 1. The van der Waals surface area contributed by atoms with E-state index in [2.05, 4.69) is 0 Å². The lowest BCUT2D eigenvalue weighted by Crippen LogP contribution is -2.52. The number of esters is 1. The zero-order valence-corrected chi connectivity index (χ0v) is 24.4. The molecule has 0 radical (unpaired) electrons. The third kappa shape index (κ3) is 5.83. The van der Waals surface area contributed by atoms with Crippen LogP contribution in [0.25, 0.3) is 0 Å². The molecule has 3 aromatic rings. The lowest BCUT2D eigenvalue weighted by atomic mass is 9.78. The van der Waals surface area contributed by atoms with Crippen molar-refractivity contribution in [2.75, 3.05) is 6.54 Å². The Labute approximate surface area is 256 Å². The molecule has 11 heteroatoms. The molecule has 42 heavy (non-hydrogen) atoms. The van der Waals surface area contributed by atoms with Crippen molar-refractivity contribution in [3.63, 3.8) is 0 Å². The van der Waals surface area contributed by atoms with Crippen LogP contribution in [0.15, 0.2) is 78.9 Å². The SMILES string of the molecule is C[C@@H]1C=CC[C@H]2C(=O)N(N(CC(=O)c3ccc(OC(=O)c4ccc(Cl)cc4Cl)cc3)C(=O)c3ccc(Cl)cc3)C(=O)[C@H]12. The Morgan fingerprint density at radius 3 is 2.17 bits per heavy atom. The third-order valence-electron chi connectivity index (χ3n) is 7.25. The highest BCUT2D eigenvalue weighted by molar-refractivity contribution is 6.36. The second-order valence-electron chi connectivity index (χ2n) is 9.97. The summed E-state index contributed by atoms with van der Waals surface area (Å²) in [4.78, 5) is 66.5. The fourth-order valence-corrected chi connectivity index (χ4v) is 5.71. The predicted molar refractivity (Wildman–Crippen MR) is 156 cm³/mol. The number of ketones is 1. The first kappa shape index (κ1) is 29.5. The van der Waals surface area contributed by atoms with Gasteiger partial charge in [0.1, 0.15) is 12.3 Å². The second-order valence-corrected chi connectivity index (χ2v) is 11.3. The highest BCUT2D eigenvalue weighted by atomic mass is 35.5. The Hall–Kier alpha value is -3.98. The monoisotopic (exact) mass is 624 g/mol. The minimum Gasteiger partial charge on any atom is -0.423 e. The molecule has 0 bridgehead atoms. The Kier molecular flexibility index (Phi) is 8.50. The van der Waals surface area contributed by atoms with Crippen LogP contribution in [0.3, 0.4) is 0 Å². The van der Waals surface area contributed by atoms with Crippen LogP contribution in [0.5, 0.6) is 5.75 Å². The van der Waals surface area contributed by atoms with Crippen LogP contribution in [0, 0.1) is 17.8 Å². The Morgan fingerprint density at radius 2 is 1.52 bits per heavy atom. The predicted octanol–water partition coefficient (Wildman–Crippen LogP) is 6.30. The van der Waals surface area contributed by atoms with E-state index in [0.29, 0.717) is 16.5 Å². The zero-order valence-electron chi connectivity index (χ0n) is 22.1. The number of hydrazine groups is 1. The number of nitrogens with zero attached hydrogens (tertiary/aromatic N) is 2. The molecule has 8 nitrogen and oxygen atoms in total. The summed E-state index contributed by atoms with van der Waals surface area (Å²) >= 11 is 17.9. The summed E-state index contributed by atoms with van der Waals surface area (Å²) in [5, 5.41) is 2.61. The quantitative estimate of drug-likeness (QED) is 0.100. The summed E-state index contributed by atoms with van der Waals surface area (Å²) in [6, 6.07) is 15.9. The zero-order chi connectivity index (χ0) is 30.1. The molecule has 5 rings (SSSR count). The molecule has 1 fully saturated rings. The van der Waals surface area contributed by atoms with E-state index in [1.165, 1.54) is 66.7 Å². The van der Waals surface area contributed by atoms with Gasteiger partial charge in [-0.05, 0) is 79.1 Å². The molecule has 3 atom stereocenters. The van der Waals surface area contributed by atoms with Crippen molar-refractivity contribution >= 4 is 64.3 Å². The molecule has 2 aliphatic rings. The Balaban J connectivity index is 1.38. The van der Waals surface area contributed by atoms with Gasteiger partial charge in [-0.2, -0.15) is 5.01 Å². The molecule has 3 amide bonds. The van der Waals surface area contributed by atoms with Gasteiger partial charge in [-0.1, -0.05) is 53.9 Å². The molecule has 0 aromatic heterocycles. The second kappa shape index (κ2) is 12.1. The summed E-state index contributed by atoms with van der Waals surface area (Å²) in [5.41, 5.74) is 0.430. The van der Waals surface area contributed by atoms with Crippen LogP contribution in [0.2, 0.25) is 15.1 Å². The van der Waals surface area contributed by atoms with Crippen molar-refractivity contribution in [3.05, 3.63) is 111 Å². The van der Waals surface area contributed by atoms with Crippen LogP contribution in [0.1, 0.15) is 44.4 Å². The van der Waals surface area contributed by atoms with E-state index in [1.54, 1.807) is 0 Å². The van der Waals surface area contributed by atoms with Gasteiger partial charge in [0.2, 0.25) is 0 Å². The third-order valence-corrected chi connectivity index (χ3v) is 8.05. The molecule has 1 heterocycles. The maximum absolute atomic E-state index is 13.6. The van der Waals surface area contributed by atoms with E-state index in [4.69, 9.17) is 39.5 Å². The number of ether oxygens (including phenoxy) is 1. The summed E-state index contributed by atoms with van der Waals surface area (Å²) in [6.07, 6.45) is 4.10. The van der Waals surface area contributed by atoms with E-state index in [1.807, 2.05) is 19.1 Å². The first-order valence-corrected chi connectivity index (χ1v) is 14.1.